The number of carbonyl (C=O) groups is 1. The molecule has 5 heteroatoms. The molecule has 0 spiro atoms. The number of amides is 1. The summed E-state index contributed by atoms with van der Waals surface area (Å²) in [5, 5.41) is 33.1. The summed E-state index contributed by atoms with van der Waals surface area (Å²) in [5.74, 6) is -0.499. The molecule has 5 nitrogen and oxygen atoms in total. The lowest BCUT2D eigenvalue weighted by Gasteiger charge is -2.21. The average Bonchev–Trinajstić information content (AvgIpc) is 3.11. The second kappa shape index (κ2) is 39.9. The van der Waals surface area contributed by atoms with Crippen LogP contribution < -0.4 is 5.32 Å². The highest BCUT2D eigenvalue weighted by molar-refractivity contribution is 5.80. The molecule has 0 aliphatic heterocycles. The third-order valence-electron chi connectivity index (χ3n) is 10.4. The second-order valence-electron chi connectivity index (χ2n) is 15.3. The Morgan fingerprint density at radius 1 is 0.490 bits per heavy atom. The lowest BCUT2D eigenvalue weighted by atomic mass is 10.0. The van der Waals surface area contributed by atoms with Crippen molar-refractivity contribution in [1.29, 1.82) is 0 Å². The van der Waals surface area contributed by atoms with Crippen LogP contribution in [0.4, 0.5) is 0 Å². The summed E-state index contributed by atoms with van der Waals surface area (Å²) in [6.45, 7) is 4.19. The van der Waals surface area contributed by atoms with E-state index in [0.717, 1.165) is 32.1 Å². The van der Waals surface area contributed by atoms with Gasteiger partial charge < -0.3 is 20.6 Å². The summed E-state index contributed by atoms with van der Waals surface area (Å²) in [6, 6.07) is -0.792. The molecule has 0 radical (unpaired) electrons. The molecule has 3 atom stereocenters. The van der Waals surface area contributed by atoms with Gasteiger partial charge >= 0.3 is 0 Å². The fourth-order valence-electron chi connectivity index (χ4n) is 6.89. The zero-order chi connectivity index (χ0) is 35.9. The Kier molecular flexibility index (Phi) is 39.1. The van der Waals surface area contributed by atoms with E-state index in [1.807, 2.05) is 6.08 Å². The van der Waals surface area contributed by atoms with E-state index in [1.165, 1.54) is 186 Å². The summed E-state index contributed by atoms with van der Waals surface area (Å²) >= 11 is 0. The fraction of sp³-hybridized carbons (Fsp3) is 0.932. The molecule has 0 saturated heterocycles. The van der Waals surface area contributed by atoms with Crippen molar-refractivity contribution < 1.29 is 20.1 Å². The van der Waals surface area contributed by atoms with E-state index in [1.54, 1.807) is 6.08 Å². The van der Waals surface area contributed by atoms with Gasteiger partial charge in [0.25, 0.3) is 0 Å². The van der Waals surface area contributed by atoms with Crippen LogP contribution in [0.1, 0.15) is 239 Å². The summed E-state index contributed by atoms with van der Waals surface area (Å²) in [7, 11) is 0. The molecule has 292 valence electrons. The topological polar surface area (TPSA) is 89.8 Å². The number of aliphatic hydroxyl groups excluding tert-OH is 3. The summed E-state index contributed by atoms with van der Waals surface area (Å²) in [5.41, 5.74) is 0. The monoisotopic (exact) mass is 694 g/mol. The van der Waals surface area contributed by atoms with E-state index in [2.05, 4.69) is 19.2 Å². The Labute approximate surface area is 306 Å². The number of aliphatic hydroxyl groups is 3. The van der Waals surface area contributed by atoms with E-state index in [9.17, 15) is 20.1 Å². The van der Waals surface area contributed by atoms with Gasteiger partial charge in [-0.2, -0.15) is 0 Å². The number of allylic oxidation sites excluding steroid dienone is 1. The molecular weight excluding hydrogens is 606 g/mol. The summed E-state index contributed by atoms with van der Waals surface area (Å²) in [4.78, 5) is 12.5. The predicted molar refractivity (Wildman–Crippen MR) is 213 cm³/mol. The van der Waals surface area contributed by atoms with E-state index < -0.39 is 24.2 Å². The van der Waals surface area contributed by atoms with Crippen LogP contribution in [0, 0.1) is 0 Å². The standard InChI is InChI=1S/C44H87NO4/c1-3-5-7-9-11-13-15-17-19-20-21-22-23-25-27-29-31-33-35-37-39-43(48)44(49)45-41(40-46)42(47)38-36-34-32-30-28-26-24-18-16-14-12-10-8-6-4-2/h36,38,41-43,46-48H,3-35,37,39-40H2,1-2H3,(H,45,49)/b38-36+/t41-,42-,43-/m1/s1. The zero-order valence-electron chi connectivity index (χ0n) is 33.1. The first-order valence-electron chi connectivity index (χ1n) is 22.0. The molecule has 0 fully saturated rings. The highest BCUT2D eigenvalue weighted by Crippen LogP contribution is 2.16. The average molecular weight is 694 g/mol. The van der Waals surface area contributed by atoms with Crippen molar-refractivity contribution in [3.05, 3.63) is 12.2 Å². The molecule has 0 aliphatic rings. The van der Waals surface area contributed by atoms with Gasteiger partial charge in [-0.3, -0.25) is 4.79 Å². The van der Waals surface area contributed by atoms with Gasteiger partial charge in [0.05, 0.1) is 18.8 Å². The highest BCUT2D eigenvalue weighted by atomic mass is 16.3. The molecule has 0 aliphatic carbocycles. The minimum atomic E-state index is -1.09. The molecule has 0 bridgehead atoms. The molecule has 4 N–H and O–H groups in total. The van der Waals surface area contributed by atoms with Crippen LogP contribution in [0.3, 0.4) is 0 Å². The number of hydrogen-bond acceptors (Lipinski definition) is 4. The maximum atomic E-state index is 12.5. The first-order chi connectivity index (χ1) is 24.1. The van der Waals surface area contributed by atoms with Crippen molar-refractivity contribution >= 4 is 5.91 Å². The van der Waals surface area contributed by atoms with Gasteiger partial charge in [-0.1, -0.05) is 231 Å². The molecule has 0 aromatic carbocycles. The minimum Gasteiger partial charge on any atom is -0.394 e. The number of unbranched alkanes of at least 4 members (excludes halogenated alkanes) is 32. The van der Waals surface area contributed by atoms with E-state index in [0.29, 0.717) is 6.42 Å². The van der Waals surface area contributed by atoms with Crippen molar-refractivity contribution in [3.8, 4) is 0 Å². The van der Waals surface area contributed by atoms with Crippen LogP contribution in [-0.2, 0) is 4.79 Å². The van der Waals surface area contributed by atoms with Gasteiger partial charge in [0.15, 0.2) is 0 Å². The second-order valence-corrected chi connectivity index (χ2v) is 15.3. The van der Waals surface area contributed by atoms with Gasteiger partial charge in [-0.15, -0.1) is 0 Å². The molecule has 1 amide bonds. The third kappa shape index (κ3) is 35.3. The smallest absolute Gasteiger partial charge is 0.249 e. The van der Waals surface area contributed by atoms with Crippen LogP contribution >= 0.6 is 0 Å². The van der Waals surface area contributed by atoms with E-state index in [-0.39, 0.29) is 6.61 Å². The Bertz CT molecular complexity index is 684. The lowest BCUT2D eigenvalue weighted by Crippen LogP contribution is -2.48. The SMILES string of the molecule is CCCCCCCCCCCCCCC/C=C/[C@@H](O)[C@@H](CO)NC(=O)[C@H](O)CCCCCCCCCCCCCCCCCCCCCC. The molecule has 0 aromatic heterocycles. The maximum Gasteiger partial charge on any atom is 0.249 e. The van der Waals surface area contributed by atoms with Crippen LogP contribution in [-0.4, -0.2) is 46.1 Å². The van der Waals surface area contributed by atoms with Gasteiger partial charge in [0, 0.05) is 0 Å². The van der Waals surface area contributed by atoms with Crippen molar-refractivity contribution in [2.75, 3.05) is 6.61 Å². The van der Waals surface area contributed by atoms with Gasteiger partial charge in [-0.25, -0.2) is 0 Å². The number of carbonyl (C=O) groups excluding carboxylic acids is 1. The molecular formula is C44H87NO4. The van der Waals surface area contributed by atoms with Crippen LogP contribution in [0.2, 0.25) is 0 Å². The molecule has 0 aromatic rings. The number of nitrogens with one attached hydrogen (secondary N) is 1. The van der Waals surface area contributed by atoms with Gasteiger partial charge in [0.1, 0.15) is 6.10 Å². The molecule has 0 heterocycles. The Balaban J connectivity index is 3.63. The van der Waals surface area contributed by atoms with E-state index >= 15 is 0 Å². The van der Waals surface area contributed by atoms with Gasteiger partial charge in [0.2, 0.25) is 5.91 Å². The van der Waals surface area contributed by atoms with Crippen molar-refractivity contribution in [1.82, 2.24) is 5.32 Å². The highest BCUT2D eigenvalue weighted by Gasteiger charge is 2.22. The lowest BCUT2D eigenvalue weighted by molar-refractivity contribution is -0.131. The third-order valence-corrected chi connectivity index (χ3v) is 10.4. The largest absolute Gasteiger partial charge is 0.394 e. The number of rotatable bonds is 40. The van der Waals surface area contributed by atoms with Gasteiger partial charge in [-0.05, 0) is 19.3 Å². The Morgan fingerprint density at radius 3 is 1.12 bits per heavy atom. The summed E-state index contributed by atoms with van der Waals surface area (Å²) < 4.78 is 0. The normalized spacial score (nSPS) is 13.7. The first-order valence-corrected chi connectivity index (χ1v) is 22.0. The molecule has 0 unspecified atom stereocenters. The molecule has 0 rings (SSSR count). The fourth-order valence-corrected chi connectivity index (χ4v) is 6.89. The van der Waals surface area contributed by atoms with Crippen molar-refractivity contribution in [3.63, 3.8) is 0 Å². The van der Waals surface area contributed by atoms with Crippen LogP contribution in [0.5, 0.6) is 0 Å². The van der Waals surface area contributed by atoms with Crippen LogP contribution in [0.15, 0.2) is 12.2 Å². The Hall–Kier alpha value is -0.910. The summed E-state index contributed by atoms with van der Waals surface area (Å²) in [6.07, 6.45) is 46.7. The minimum absolute atomic E-state index is 0.359. The van der Waals surface area contributed by atoms with Crippen LogP contribution in [0.25, 0.3) is 0 Å². The maximum absolute atomic E-state index is 12.5. The molecule has 49 heavy (non-hydrogen) atoms. The number of hydrogen-bond donors (Lipinski definition) is 4. The Morgan fingerprint density at radius 2 is 0.796 bits per heavy atom. The van der Waals surface area contributed by atoms with Crippen molar-refractivity contribution in [2.45, 2.75) is 257 Å². The predicted octanol–water partition coefficient (Wildman–Crippen LogP) is 12.4. The zero-order valence-corrected chi connectivity index (χ0v) is 33.1. The quantitative estimate of drug-likeness (QED) is 0.0380. The van der Waals surface area contributed by atoms with Crippen molar-refractivity contribution in [2.24, 2.45) is 0 Å². The molecule has 0 saturated carbocycles. The first kappa shape index (κ1) is 48.1. The van der Waals surface area contributed by atoms with E-state index in [4.69, 9.17) is 0 Å².